The number of nitriles is 1. The van der Waals surface area contributed by atoms with Gasteiger partial charge in [0.05, 0.1) is 12.7 Å². The van der Waals surface area contributed by atoms with Crippen LogP contribution >= 0.6 is 0 Å². The summed E-state index contributed by atoms with van der Waals surface area (Å²) in [5.74, 6) is -0.829. The summed E-state index contributed by atoms with van der Waals surface area (Å²) in [7, 11) is 1.34. The molecule has 0 fully saturated rings. The van der Waals surface area contributed by atoms with Gasteiger partial charge in [-0.3, -0.25) is 4.79 Å². The Morgan fingerprint density at radius 1 is 1.27 bits per heavy atom. The van der Waals surface area contributed by atoms with Crippen molar-refractivity contribution >= 4 is 17.7 Å². The van der Waals surface area contributed by atoms with Crippen LogP contribution in [0.15, 0.2) is 48.0 Å². The number of benzene rings is 2. The van der Waals surface area contributed by atoms with E-state index in [1.165, 1.54) is 37.5 Å². The summed E-state index contributed by atoms with van der Waals surface area (Å²) in [6.45, 7) is 0. The van der Waals surface area contributed by atoms with Crippen molar-refractivity contribution < 1.29 is 27.8 Å². The first-order valence-corrected chi connectivity index (χ1v) is 7.22. The maximum Gasteiger partial charge on any atom is 0.416 e. The fourth-order valence-electron chi connectivity index (χ4n) is 2.07. The van der Waals surface area contributed by atoms with E-state index in [9.17, 15) is 23.1 Å². The Kier molecular flexibility index (Phi) is 5.52. The minimum Gasteiger partial charge on any atom is -0.504 e. The van der Waals surface area contributed by atoms with Gasteiger partial charge in [-0.15, -0.1) is 0 Å². The van der Waals surface area contributed by atoms with Crippen LogP contribution in [-0.4, -0.2) is 18.1 Å². The lowest BCUT2D eigenvalue weighted by Crippen LogP contribution is -2.14. The molecule has 1 amide bonds. The molecule has 0 saturated heterocycles. The average molecular weight is 362 g/mol. The van der Waals surface area contributed by atoms with Crippen molar-refractivity contribution in [1.82, 2.24) is 0 Å². The number of carbonyl (C=O) groups excluding carboxylic acids is 1. The summed E-state index contributed by atoms with van der Waals surface area (Å²) in [5.41, 5.74) is -0.930. The third-order valence-electron chi connectivity index (χ3n) is 3.33. The van der Waals surface area contributed by atoms with E-state index in [1.807, 2.05) is 0 Å². The Balaban J connectivity index is 2.26. The predicted molar refractivity (Wildman–Crippen MR) is 88.3 cm³/mol. The van der Waals surface area contributed by atoms with Crippen LogP contribution < -0.4 is 10.1 Å². The summed E-state index contributed by atoms with van der Waals surface area (Å²) < 4.78 is 43.1. The third-order valence-corrected chi connectivity index (χ3v) is 3.33. The molecule has 26 heavy (non-hydrogen) atoms. The molecule has 0 unspecified atom stereocenters. The van der Waals surface area contributed by atoms with E-state index in [2.05, 4.69) is 5.32 Å². The van der Waals surface area contributed by atoms with Crippen molar-refractivity contribution in [1.29, 1.82) is 5.26 Å². The van der Waals surface area contributed by atoms with Gasteiger partial charge in [0.15, 0.2) is 11.5 Å². The van der Waals surface area contributed by atoms with Crippen LogP contribution in [-0.2, 0) is 11.0 Å². The van der Waals surface area contributed by atoms with Gasteiger partial charge in [-0.05, 0) is 42.0 Å². The van der Waals surface area contributed by atoms with Gasteiger partial charge in [0.2, 0.25) is 0 Å². The van der Waals surface area contributed by atoms with Crippen molar-refractivity contribution in [3.8, 4) is 17.6 Å². The number of phenolic OH excluding ortho intramolecular Hbond substituents is 1. The number of halogens is 3. The SMILES string of the molecule is COc1cc(/C=C(/C#N)C(=O)Nc2cccc(C(F)(F)F)c2)ccc1O. The molecule has 0 heterocycles. The second-order valence-corrected chi connectivity index (χ2v) is 5.13. The number of alkyl halides is 3. The van der Waals surface area contributed by atoms with Crippen LogP contribution in [0.25, 0.3) is 6.08 Å². The molecule has 0 spiro atoms. The van der Waals surface area contributed by atoms with E-state index in [1.54, 1.807) is 6.07 Å². The summed E-state index contributed by atoms with van der Waals surface area (Å²) in [5, 5.41) is 21.0. The van der Waals surface area contributed by atoms with Gasteiger partial charge in [-0.25, -0.2) is 0 Å². The summed E-state index contributed by atoms with van der Waals surface area (Å²) >= 11 is 0. The first-order chi connectivity index (χ1) is 12.2. The molecular weight excluding hydrogens is 349 g/mol. The number of hydrogen-bond acceptors (Lipinski definition) is 4. The fraction of sp³-hybridized carbons (Fsp3) is 0.111. The lowest BCUT2D eigenvalue weighted by Gasteiger charge is -2.09. The van der Waals surface area contributed by atoms with E-state index in [0.29, 0.717) is 5.56 Å². The molecule has 0 radical (unpaired) electrons. The number of rotatable bonds is 4. The van der Waals surface area contributed by atoms with Crippen molar-refractivity contribution in [2.45, 2.75) is 6.18 Å². The topological polar surface area (TPSA) is 82.3 Å². The Morgan fingerprint density at radius 3 is 2.62 bits per heavy atom. The summed E-state index contributed by atoms with van der Waals surface area (Å²) in [4.78, 5) is 12.2. The second kappa shape index (κ2) is 7.61. The molecule has 2 rings (SSSR count). The third kappa shape index (κ3) is 4.54. The number of ether oxygens (including phenoxy) is 1. The highest BCUT2D eigenvalue weighted by molar-refractivity contribution is 6.09. The summed E-state index contributed by atoms with van der Waals surface area (Å²) in [6, 6.07) is 9.96. The predicted octanol–water partition coefficient (Wildman–Crippen LogP) is 3.97. The number of carbonyl (C=O) groups is 1. The second-order valence-electron chi connectivity index (χ2n) is 5.13. The highest BCUT2D eigenvalue weighted by Crippen LogP contribution is 2.31. The zero-order valence-corrected chi connectivity index (χ0v) is 13.5. The van der Waals surface area contributed by atoms with E-state index in [4.69, 9.17) is 10.00 Å². The van der Waals surface area contributed by atoms with Gasteiger partial charge in [0.1, 0.15) is 11.6 Å². The van der Waals surface area contributed by atoms with Crippen molar-refractivity contribution in [2.24, 2.45) is 0 Å². The van der Waals surface area contributed by atoms with Gasteiger partial charge >= 0.3 is 6.18 Å². The van der Waals surface area contributed by atoms with Gasteiger partial charge < -0.3 is 15.2 Å². The monoisotopic (exact) mass is 362 g/mol. The van der Waals surface area contributed by atoms with Crippen molar-refractivity contribution in [3.63, 3.8) is 0 Å². The van der Waals surface area contributed by atoms with Crippen LogP contribution in [0.1, 0.15) is 11.1 Å². The molecule has 134 valence electrons. The molecule has 0 aromatic heterocycles. The molecule has 0 bridgehead atoms. The van der Waals surface area contributed by atoms with Gasteiger partial charge in [-0.2, -0.15) is 18.4 Å². The lowest BCUT2D eigenvalue weighted by atomic mass is 10.1. The van der Waals surface area contributed by atoms with E-state index in [-0.39, 0.29) is 22.8 Å². The molecule has 2 aromatic carbocycles. The Morgan fingerprint density at radius 2 is 2.00 bits per heavy atom. The van der Waals surface area contributed by atoms with Crippen molar-refractivity contribution in [3.05, 3.63) is 59.2 Å². The molecular formula is C18H13F3N2O3. The average Bonchev–Trinajstić information content (AvgIpc) is 2.60. The normalized spacial score (nSPS) is 11.6. The van der Waals surface area contributed by atoms with Crippen molar-refractivity contribution in [2.75, 3.05) is 12.4 Å². The molecule has 2 aromatic rings. The zero-order chi connectivity index (χ0) is 19.3. The maximum atomic E-state index is 12.7. The Bertz CT molecular complexity index is 899. The number of phenols is 1. The van der Waals surface area contributed by atoms with Crippen LogP contribution in [0.4, 0.5) is 18.9 Å². The first kappa shape index (κ1) is 18.9. The lowest BCUT2D eigenvalue weighted by molar-refractivity contribution is -0.137. The number of nitrogens with one attached hydrogen (secondary N) is 1. The molecule has 0 saturated carbocycles. The quantitative estimate of drug-likeness (QED) is 0.637. The highest BCUT2D eigenvalue weighted by Gasteiger charge is 2.30. The Hall–Kier alpha value is -3.47. The number of nitrogens with zero attached hydrogens (tertiary/aromatic N) is 1. The van der Waals surface area contributed by atoms with E-state index in [0.717, 1.165) is 18.2 Å². The molecule has 0 atom stereocenters. The molecule has 0 aliphatic heterocycles. The number of amides is 1. The van der Waals surface area contributed by atoms with Gasteiger partial charge in [0.25, 0.3) is 5.91 Å². The standard InChI is InChI=1S/C18H13F3N2O3/c1-26-16-8-11(5-6-15(16)24)7-12(10-22)17(25)23-14-4-2-3-13(9-14)18(19,20)21/h2-9,24H,1H3,(H,23,25)/b12-7-. The Labute approximate surface area is 146 Å². The van der Waals surface area contributed by atoms with Crippen LogP contribution in [0, 0.1) is 11.3 Å². The van der Waals surface area contributed by atoms with Crippen LogP contribution in [0.2, 0.25) is 0 Å². The minimum absolute atomic E-state index is 0.0886. The van der Waals surface area contributed by atoms with Gasteiger partial charge in [0, 0.05) is 5.69 Å². The number of methoxy groups -OCH3 is 1. The molecule has 5 nitrogen and oxygen atoms in total. The number of aromatic hydroxyl groups is 1. The van der Waals surface area contributed by atoms with Crippen LogP contribution in [0.3, 0.4) is 0 Å². The largest absolute Gasteiger partial charge is 0.504 e. The first-order valence-electron chi connectivity index (χ1n) is 7.22. The fourth-order valence-corrected chi connectivity index (χ4v) is 2.07. The molecule has 0 aliphatic rings. The van der Waals surface area contributed by atoms with E-state index < -0.39 is 17.6 Å². The minimum atomic E-state index is -4.54. The van der Waals surface area contributed by atoms with Crippen LogP contribution in [0.5, 0.6) is 11.5 Å². The van der Waals surface area contributed by atoms with E-state index >= 15 is 0 Å². The zero-order valence-electron chi connectivity index (χ0n) is 13.5. The maximum absolute atomic E-state index is 12.7. The summed E-state index contributed by atoms with van der Waals surface area (Å²) in [6.07, 6.45) is -3.32. The van der Waals surface area contributed by atoms with Gasteiger partial charge in [-0.1, -0.05) is 12.1 Å². The number of hydrogen-bond donors (Lipinski definition) is 2. The molecule has 8 heteroatoms. The number of anilines is 1. The molecule has 2 N–H and O–H groups in total. The highest BCUT2D eigenvalue weighted by atomic mass is 19.4. The molecule has 0 aliphatic carbocycles. The smallest absolute Gasteiger partial charge is 0.416 e.